The summed E-state index contributed by atoms with van der Waals surface area (Å²) in [7, 11) is 0. The van der Waals surface area contributed by atoms with Crippen LogP contribution in [0.25, 0.3) is 0 Å². The van der Waals surface area contributed by atoms with Crippen LogP contribution in [-0.4, -0.2) is 50.9 Å². The second-order valence-corrected chi connectivity index (χ2v) is 9.74. The molecular formula is C24H19Cl3N6O4S. The number of hydrogen-bond donors (Lipinski definition) is 2. The summed E-state index contributed by atoms with van der Waals surface area (Å²) < 4.78 is 0. The van der Waals surface area contributed by atoms with Crippen molar-refractivity contribution >= 4 is 86.8 Å². The molecule has 0 saturated carbocycles. The molecule has 1 aliphatic heterocycles. The molecular weight excluding hydrogens is 575 g/mol. The monoisotopic (exact) mass is 592 g/mol. The van der Waals surface area contributed by atoms with Crippen LogP contribution in [0.4, 0.5) is 22.9 Å². The van der Waals surface area contributed by atoms with Crippen molar-refractivity contribution in [2.24, 2.45) is 0 Å². The van der Waals surface area contributed by atoms with Gasteiger partial charge >= 0.3 is 0 Å². The van der Waals surface area contributed by atoms with E-state index in [0.717, 1.165) is 11.1 Å². The normalized spacial score (nSPS) is 14.9. The first kappa shape index (κ1) is 27.5. The highest BCUT2D eigenvalue weighted by Gasteiger charge is 2.43. The van der Waals surface area contributed by atoms with Gasteiger partial charge in [-0.05, 0) is 60.7 Å². The van der Waals surface area contributed by atoms with E-state index in [-0.39, 0.29) is 35.3 Å². The highest BCUT2D eigenvalue weighted by atomic mass is 35.5. The molecule has 2 N–H and O–H groups in total. The fourth-order valence-corrected chi connectivity index (χ4v) is 4.54. The summed E-state index contributed by atoms with van der Waals surface area (Å²) in [4.78, 5) is 43.4. The first-order valence-corrected chi connectivity index (χ1v) is 12.7. The van der Waals surface area contributed by atoms with Crippen LogP contribution in [0.2, 0.25) is 15.1 Å². The molecule has 1 fully saturated rings. The molecule has 1 aliphatic rings. The molecule has 10 nitrogen and oxygen atoms in total. The quantitative estimate of drug-likeness (QED) is 0.153. The van der Waals surface area contributed by atoms with Crippen LogP contribution < -0.4 is 15.5 Å². The van der Waals surface area contributed by atoms with Crippen LogP contribution in [-0.2, 0) is 9.59 Å². The smallest absolute Gasteiger partial charge is 0.287 e. The van der Waals surface area contributed by atoms with E-state index in [1.54, 1.807) is 35.2 Å². The number of aromatic nitrogens is 1. The highest BCUT2D eigenvalue weighted by molar-refractivity contribution is 7.80. The van der Waals surface area contributed by atoms with E-state index < -0.39 is 22.8 Å². The number of thiocarbonyl (C=S) groups is 1. The van der Waals surface area contributed by atoms with Gasteiger partial charge in [0, 0.05) is 29.9 Å². The molecule has 0 bridgehead atoms. The number of anilines is 3. The molecule has 0 aliphatic carbocycles. The van der Waals surface area contributed by atoms with Gasteiger partial charge in [0.25, 0.3) is 11.6 Å². The van der Waals surface area contributed by atoms with E-state index >= 15 is 0 Å². The van der Waals surface area contributed by atoms with Gasteiger partial charge in [0.15, 0.2) is 5.11 Å². The van der Waals surface area contributed by atoms with Gasteiger partial charge in [-0.15, -0.1) is 0 Å². The third kappa shape index (κ3) is 6.30. The Morgan fingerprint density at radius 2 is 1.84 bits per heavy atom. The summed E-state index contributed by atoms with van der Waals surface area (Å²) in [6.07, 6.45) is 1.03. The fourth-order valence-electron chi connectivity index (χ4n) is 3.79. The Bertz CT molecular complexity index is 1390. The molecule has 0 radical (unpaired) electrons. The molecule has 2 heterocycles. The second kappa shape index (κ2) is 11.9. The molecule has 0 spiro atoms. The molecule has 1 unspecified atom stereocenters. The van der Waals surface area contributed by atoms with Crippen LogP contribution in [0, 0.1) is 10.1 Å². The summed E-state index contributed by atoms with van der Waals surface area (Å²) in [5.41, 5.74) is 0.817. The lowest BCUT2D eigenvalue weighted by atomic mass is 10.2. The molecule has 14 heteroatoms. The molecule has 196 valence electrons. The van der Waals surface area contributed by atoms with Crippen molar-refractivity contribution in [3.63, 3.8) is 0 Å². The SMILES string of the molecule is O=C1CC(N(CCNc2ccc([N+](=O)[O-])cn2)C(=S)Nc2ccc(Cl)cc2)C(=O)N1c1ccc(Cl)c(Cl)c1. The average Bonchev–Trinajstić information content (AvgIpc) is 3.18. The zero-order valence-corrected chi connectivity index (χ0v) is 22.5. The van der Waals surface area contributed by atoms with Crippen LogP contribution in [0.5, 0.6) is 0 Å². The van der Waals surface area contributed by atoms with E-state index in [9.17, 15) is 19.7 Å². The van der Waals surface area contributed by atoms with Crippen molar-refractivity contribution in [1.82, 2.24) is 9.88 Å². The van der Waals surface area contributed by atoms with Crippen LogP contribution >= 0.6 is 47.0 Å². The number of amides is 2. The summed E-state index contributed by atoms with van der Waals surface area (Å²) in [6.45, 7) is 0.467. The number of imide groups is 1. The first-order valence-electron chi connectivity index (χ1n) is 11.1. The second-order valence-electron chi connectivity index (χ2n) is 8.10. The summed E-state index contributed by atoms with van der Waals surface area (Å²) >= 11 is 23.7. The van der Waals surface area contributed by atoms with Gasteiger partial charge < -0.3 is 15.5 Å². The van der Waals surface area contributed by atoms with Crippen molar-refractivity contribution in [3.05, 3.63) is 86.0 Å². The summed E-state index contributed by atoms with van der Waals surface area (Å²) in [5, 5.41) is 18.3. The van der Waals surface area contributed by atoms with Crippen molar-refractivity contribution in [3.8, 4) is 0 Å². The van der Waals surface area contributed by atoms with Crippen LogP contribution in [0.3, 0.4) is 0 Å². The Balaban J connectivity index is 1.54. The first-order chi connectivity index (χ1) is 18.1. The van der Waals surface area contributed by atoms with Gasteiger partial charge in [0.05, 0.1) is 27.1 Å². The molecule has 1 saturated heterocycles. The summed E-state index contributed by atoms with van der Waals surface area (Å²) in [5.74, 6) is -0.483. The summed E-state index contributed by atoms with van der Waals surface area (Å²) in [6, 6.07) is 13.3. The molecule has 1 atom stereocenters. The number of nitro groups is 1. The van der Waals surface area contributed by atoms with Gasteiger partial charge in [-0.25, -0.2) is 9.88 Å². The third-order valence-electron chi connectivity index (χ3n) is 5.63. The molecule has 4 rings (SSSR count). The number of benzene rings is 2. The fraction of sp³-hybridized carbons (Fsp3) is 0.167. The Labute approximate surface area is 237 Å². The lowest BCUT2D eigenvalue weighted by Crippen LogP contribution is -2.49. The molecule has 3 aromatic rings. The molecule has 38 heavy (non-hydrogen) atoms. The van der Waals surface area contributed by atoms with Crippen molar-refractivity contribution in [2.75, 3.05) is 28.6 Å². The standard InChI is InChI=1S/C24H19Cl3N6O4S/c25-14-1-3-15(4-2-14)30-24(38)31(10-9-28-21-8-6-17(13-29-21)33(36)37)20-12-22(34)32(23(20)35)16-5-7-18(26)19(27)11-16/h1-8,11,13,20H,9-10,12H2,(H,28,29)(H,30,38). The van der Waals surface area contributed by atoms with Crippen molar-refractivity contribution < 1.29 is 14.5 Å². The largest absolute Gasteiger partial charge is 0.368 e. The van der Waals surface area contributed by atoms with Gasteiger partial charge in [0.2, 0.25) is 5.91 Å². The van der Waals surface area contributed by atoms with Crippen molar-refractivity contribution in [1.29, 1.82) is 0 Å². The minimum atomic E-state index is -0.893. The predicted molar refractivity (Wildman–Crippen MR) is 151 cm³/mol. The Kier molecular flexibility index (Phi) is 8.62. The van der Waals surface area contributed by atoms with Gasteiger partial charge in [-0.2, -0.15) is 0 Å². The lowest BCUT2D eigenvalue weighted by molar-refractivity contribution is -0.385. The number of halogens is 3. The topological polar surface area (TPSA) is 121 Å². The predicted octanol–water partition coefficient (Wildman–Crippen LogP) is 5.39. The Hall–Kier alpha value is -3.51. The number of nitrogens with zero attached hydrogens (tertiary/aromatic N) is 4. The maximum Gasteiger partial charge on any atom is 0.287 e. The van der Waals surface area contributed by atoms with Gasteiger partial charge in [0.1, 0.15) is 18.1 Å². The van der Waals surface area contributed by atoms with E-state index in [2.05, 4.69) is 15.6 Å². The molecule has 2 amide bonds. The highest BCUT2D eigenvalue weighted by Crippen LogP contribution is 2.31. The van der Waals surface area contributed by atoms with Gasteiger partial charge in [-0.3, -0.25) is 19.7 Å². The third-order valence-corrected chi connectivity index (χ3v) is 6.96. The zero-order valence-electron chi connectivity index (χ0n) is 19.4. The average molecular weight is 594 g/mol. The number of rotatable bonds is 8. The molecule has 2 aromatic carbocycles. The Morgan fingerprint density at radius 3 is 2.47 bits per heavy atom. The maximum atomic E-state index is 13.5. The number of pyridine rings is 1. The van der Waals surface area contributed by atoms with Gasteiger partial charge in [-0.1, -0.05) is 34.8 Å². The maximum absolute atomic E-state index is 13.5. The number of carbonyl (C=O) groups is 2. The van der Waals surface area contributed by atoms with Crippen LogP contribution in [0.15, 0.2) is 60.8 Å². The van der Waals surface area contributed by atoms with Crippen LogP contribution in [0.1, 0.15) is 6.42 Å². The number of nitrogens with one attached hydrogen (secondary N) is 2. The minimum Gasteiger partial charge on any atom is -0.368 e. The Morgan fingerprint density at radius 1 is 1.11 bits per heavy atom. The van der Waals surface area contributed by atoms with E-state index in [0.29, 0.717) is 27.2 Å². The molecule has 1 aromatic heterocycles. The minimum absolute atomic E-state index is 0.114. The number of hydrogen-bond acceptors (Lipinski definition) is 7. The van der Waals surface area contributed by atoms with E-state index in [1.807, 2.05) is 0 Å². The van der Waals surface area contributed by atoms with Crippen molar-refractivity contribution in [2.45, 2.75) is 12.5 Å². The van der Waals surface area contributed by atoms with E-state index in [4.69, 9.17) is 47.0 Å². The zero-order chi connectivity index (χ0) is 27.4. The van der Waals surface area contributed by atoms with E-state index in [1.165, 1.54) is 24.3 Å². The lowest BCUT2D eigenvalue weighted by Gasteiger charge is -2.30. The number of carbonyl (C=O) groups excluding carboxylic acids is 2.